The van der Waals surface area contributed by atoms with Crippen molar-refractivity contribution in [2.24, 2.45) is 0 Å². The van der Waals surface area contributed by atoms with Gasteiger partial charge >= 0.3 is 0 Å². The summed E-state index contributed by atoms with van der Waals surface area (Å²) in [5, 5.41) is 2.92. The lowest BCUT2D eigenvalue weighted by atomic mass is 10.2. The Morgan fingerprint density at radius 3 is 2.42 bits per heavy atom. The molecule has 0 radical (unpaired) electrons. The van der Waals surface area contributed by atoms with Crippen LogP contribution in [0.5, 0.6) is 5.75 Å². The molecule has 1 fully saturated rings. The summed E-state index contributed by atoms with van der Waals surface area (Å²) in [6.07, 6.45) is 3.27. The number of hydrogen-bond donors (Lipinski definition) is 1. The van der Waals surface area contributed by atoms with Crippen molar-refractivity contribution < 1.29 is 9.53 Å². The lowest BCUT2D eigenvalue weighted by Gasteiger charge is -2.36. The molecule has 0 aliphatic carbocycles. The quantitative estimate of drug-likeness (QED) is 0.434. The highest BCUT2D eigenvalue weighted by Gasteiger charge is 2.17. The van der Waals surface area contributed by atoms with E-state index < -0.39 is 0 Å². The van der Waals surface area contributed by atoms with Crippen molar-refractivity contribution in [1.29, 1.82) is 0 Å². The summed E-state index contributed by atoms with van der Waals surface area (Å²) < 4.78 is 6.28. The molecule has 1 aliphatic rings. The van der Waals surface area contributed by atoms with Crippen LogP contribution in [0.2, 0.25) is 0 Å². The minimum Gasteiger partial charge on any atom is -0.496 e. The molecule has 5 nitrogen and oxygen atoms in total. The summed E-state index contributed by atoms with van der Waals surface area (Å²) in [5.41, 5.74) is 4.15. The first kappa shape index (κ1) is 23.1. The number of nitrogens with one attached hydrogen (secondary N) is 1. The van der Waals surface area contributed by atoms with Crippen molar-refractivity contribution in [1.82, 2.24) is 4.90 Å². The average Bonchev–Trinajstić information content (AvgIpc) is 2.84. The van der Waals surface area contributed by atoms with E-state index in [9.17, 15) is 4.79 Å². The SMILES string of the molecule is COc1ccc(Br)cc1C=CC(=O)Nc1ccc(N2CCN(Cc3ccccc3)CC2)cc1. The fourth-order valence-electron chi connectivity index (χ4n) is 3.95. The number of amides is 1. The summed E-state index contributed by atoms with van der Waals surface area (Å²) >= 11 is 3.45. The Morgan fingerprint density at radius 2 is 1.73 bits per heavy atom. The molecule has 0 bridgehead atoms. The molecular formula is C27H28BrN3O2. The summed E-state index contributed by atoms with van der Waals surface area (Å²) in [4.78, 5) is 17.3. The van der Waals surface area contributed by atoms with E-state index in [1.807, 2.05) is 30.3 Å². The summed E-state index contributed by atoms with van der Waals surface area (Å²) in [5.74, 6) is 0.537. The second-order valence-electron chi connectivity index (χ2n) is 8.00. The van der Waals surface area contributed by atoms with E-state index in [1.165, 1.54) is 17.3 Å². The smallest absolute Gasteiger partial charge is 0.248 e. The van der Waals surface area contributed by atoms with Crippen molar-refractivity contribution in [3.05, 3.63) is 94.5 Å². The number of methoxy groups -OCH3 is 1. The predicted molar refractivity (Wildman–Crippen MR) is 139 cm³/mol. The van der Waals surface area contributed by atoms with Gasteiger partial charge in [-0.05, 0) is 54.1 Å². The van der Waals surface area contributed by atoms with Crippen LogP contribution in [-0.2, 0) is 11.3 Å². The molecule has 0 saturated carbocycles. The van der Waals surface area contributed by atoms with Crippen molar-refractivity contribution in [2.75, 3.05) is 43.5 Å². The number of hydrogen-bond acceptors (Lipinski definition) is 4. The number of rotatable bonds is 7. The van der Waals surface area contributed by atoms with Crippen LogP contribution in [0.25, 0.3) is 6.08 Å². The van der Waals surface area contributed by atoms with Gasteiger partial charge in [-0.3, -0.25) is 9.69 Å². The van der Waals surface area contributed by atoms with E-state index in [0.717, 1.165) is 54.2 Å². The predicted octanol–water partition coefficient (Wildman–Crippen LogP) is 5.43. The molecule has 0 aromatic heterocycles. The summed E-state index contributed by atoms with van der Waals surface area (Å²) in [6, 6.07) is 24.4. The molecule has 170 valence electrons. The van der Waals surface area contributed by atoms with Crippen molar-refractivity contribution in [3.63, 3.8) is 0 Å². The van der Waals surface area contributed by atoms with Gasteiger partial charge < -0.3 is 15.0 Å². The Balaban J connectivity index is 1.29. The first-order valence-corrected chi connectivity index (χ1v) is 11.8. The lowest BCUT2D eigenvalue weighted by Crippen LogP contribution is -2.45. The van der Waals surface area contributed by atoms with E-state index >= 15 is 0 Å². The third-order valence-electron chi connectivity index (χ3n) is 5.73. The topological polar surface area (TPSA) is 44.8 Å². The van der Waals surface area contributed by atoms with E-state index in [2.05, 4.69) is 73.5 Å². The van der Waals surface area contributed by atoms with Gasteiger partial charge in [0.1, 0.15) is 5.75 Å². The molecule has 0 spiro atoms. The minimum atomic E-state index is -0.181. The van der Waals surface area contributed by atoms with Gasteiger partial charge in [-0.1, -0.05) is 46.3 Å². The zero-order valence-electron chi connectivity index (χ0n) is 18.7. The number of carbonyl (C=O) groups is 1. The molecule has 33 heavy (non-hydrogen) atoms. The molecule has 4 rings (SSSR count). The van der Waals surface area contributed by atoms with Crippen molar-refractivity contribution >= 4 is 39.3 Å². The van der Waals surface area contributed by atoms with E-state index in [4.69, 9.17) is 4.74 Å². The van der Waals surface area contributed by atoms with Gasteiger partial charge in [-0.2, -0.15) is 0 Å². The Hall–Kier alpha value is -3.09. The maximum atomic E-state index is 12.4. The highest BCUT2D eigenvalue weighted by Crippen LogP contribution is 2.24. The maximum Gasteiger partial charge on any atom is 0.248 e. The molecule has 6 heteroatoms. The van der Waals surface area contributed by atoms with Crippen LogP contribution in [0.1, 0.15) is 11.1 Å². The molecule has 3 aromatic rings. The average molecular weight is 506 g/mol. The van der Waals surface area contributed by atoms with E-state index in [1.54, 1.807) is 13.2 Å². The zero-order chi connectivity index (χ0) is 23.0. The Kier molecular flexibility index (Phi) is 7.81. The highest BCUT2D eigenvalue weighted by atomic mass is 79.9. The number of piperazine rings is 1. The maximum absolute atomic E-state index is 12.4. The van der Waals surface area contributed by atoms with E-state index in [-0.39, 0.29) is 5.91 Å². The number of ether oxygens (including phenoxy) is 1. The fourth-order valence-corrected chi connectivity index (χ4v) is 4.33. The van der Waals surface area contributed by atoms with Gasteiger partial charge in [-0.25, -0.2) is 0 Å². The number of benzene rings is 3. The first-order valence-electron chi connectivity index (χ1n) is 11.0. The van der Waals surface area contributed by atoms with Crippen LogP contribution in [0.3, 0.4) is 0 Å². The summed E-state index contributed by atoms with van der Waals surface area (Å²) in [6.45, 7) is 5.07. The summed E-state index contributed by atoms with van der Waals surface area (Å²) in [7, 11) is 1.62. The monoisotopic (exact) mass is 505 g/mol. The standard InChI is InChI=1S/C27H28BrN3O2/c1-33-26-13-8-23(28)19-22(26)7-14-27(32)29-24-9-11-25(12-10-24)31-17-15-30(16-18-31)20-21-5-3-2-4-6-21/h2-14,19H,15-18,20H2,1H3,(H,29,32). The Morgan fingerprint density at radius 1 is 1.00 bits per heavy atom. The van der Waals surface area contributed by atoms with Crippen molar-refractivity contribution in [3.8, 4) is 5.75 Å². The largest absolute Gasteiger partial charge is 0.496 e. The third kappa shape index (κ3) is 6.46. The molecule has 0 unspecified atom stereocenters. The number of halogens is 1. The fraction of sp³-hybridized carbons (Fsp3) is 0.222. The van der Waals surface area contributed by atoms with Crippen LogP contribution in [0.15, 0.2) is 83.3 Å². The Labute approximate surface area is 203 Å². The third-order valence-corrected chi connectivity index (χ3v) is 6.22. The number of nitrogens with zero attached hydrogens (tertiary/aromatic N) is 2. The second kappa shape index (κ2) is 11.2. The Bertz CT molecular complexity index is 1090. The normalized spacial score (nSPS) is 14.4. The molecule has 1 amide bonds. The molecule has 1 N–H and O–H groups in total. The van der Waals surface area contributed by atoms with E-state index in [0.29, 0.717) is 0 Å². The van der Waals surface area contributed by atoms with Crippen LogP contribution in [0, 0.1) is 0 Å². The second-order valence-corrected chi connectivity index (χ2v) is 8.92. The number of anilines is 2. The van der Waals surface area contributed by atoms with Crippen LogP contribution >= 0.6 is 15.9 Å². The van der Waals surface area contributed by atoms with Gasteiger partial charge in [0.25, 0.3) is 0 Å². The molecule has 0 atom stereocenters. The van der Waals surface area contributed by atoms with Crippen molar-refractivity contribution in [2.45, 2.75) is 6.54 Å². The van der Waals surface area contributed by atoms with Crippen LogP contribution < -0.4 is 15.0 Å². The highest BCUT2D eigenvalue weighted by molar-refractivity contribution is 9.10. The molecular weight excluding hydrogens is 478 g/mol. The van der Waals surface area contributed by atoms with Gasteiger partial charge in [0.15, 0.2) is 0 Å². The molecule has 3 aromatic carbocycles. The zero-order valence-corrected chi connectivity index (χ0v) is 20.3. The van der Waals surface area contributed by atoms with Gasteiger partial charge in [0, 0.05) is 60.2 Å². The van der Waals surface area contributed by atoms with Crippen LogP contribution in [0.4, 0.5) is 11.4 Å². The minimum absolute atomic E-state index is 0.181. The number of carbonyl (C=O) groups excluding carboxylic acids is 1. The van der Waals surface area contributed by atoms with Crippen LogP contribution in [-0.4, -0.2) is 44.1 Å². The first-order chi connectivity index (χ1) is 16.1. The molecule has 1 aliphatic heterocycles. The van der Waals surface area contributed by atoms with Gasteiger partial charge in [0.05, 0.1) is 7.11 Å². The lowest BCUT2D eigenvalue weighted by molar-refractivity contribution is -0.111. The van der Waals surface area contributed by atoms with Gasteiger partial charge in [-0.15, -0.1) is 0 Å². The van der Waals surface area contributed by atoms with Gasteiger partial charge in [0.2, 0.25) is 5.91 Å². The molecule has 1 saturated heterocycles. The molecule has 1 heterocycles.